The molecule has 1 amide bonds. The van der Waals surface area contributed by atoms with Gasteiger partial charge in [0.05, 0.1) is 17.4 Å². The Labute approximate surface area is 130 Å². The number of carboxylic acid groups (broad SMARTS) is 1. The smallest absolute Gasteiger partial charge is 0.306 e. The maximum Gasteiger partial charge on any atom is 0.306 e. The summed E-state index contributed by atoms with van der Waals surface area (Å²) in [5, 5.41) is 9.04. The van der Waals surface area contributed by atoms with Gasteiger partial charge in [0.2, 0.25) is 5.91 Å². The van der Waals surface area contributed by atoms with Crippen molar-refractivity contribution < 1.29 is 23.1 Å². The Kier molecular flexibility index (Phi) is 4.18. The molecule has 2 aliphatic carbocycles. The summed E-state index contributed by atoms with van der Waals surface area (Å²) in [6, 6.07) is 0.0465. The molecular formula is C15H23NO5S. The topological polar surface area (TPSA) is 91.8 Å². The number of carboxylic acids is 1. The van der Waals surface area contributed by atoms with Gasteiger partial charge in [-0.3, -0.25) is 9.59 Å². The van der Waals surface area contributed by atoms with Gasteiger partial charge < -0.3 is 10.0 Å². The van der Waals surface area contributed by atoms with E-state index >= 15 is 0 Å². The van der Waals surface area contributed by atoms with Crippen molar-refractivity contribution in [2.45, 2.75) is 57.0 Å². The lowest BCUT2D eigenvalue weighted by Crippen LogP contribution is -2.46. The molecule has 124 valence electrons. The molecule has 3 fully saturated rings. The van der Waals surface area contributed by atoms with Crippen molar-refractivity contribution >= 4 is 21.7 Å². The van der Waals surface area contributed by atoms with Gasteiger partial charge in [0.25, 0.3) is 0 Å². The minimum absolute atomic E-state index is 0.0634. The van der Waals surface area contributed by atoms with E-state index < -0.39 is 15.8 Å². The molecule has 3 rings (SSSR count). The van der Waals surface area contributed by atoms with Crippen LogP contribution in [-0.4, -0.2) is 53.9 Å². The number of carbonyl (C=O) groups is 2. The largest absolute Gasteiger partial charge is 0.481 e. The summed E-state index contributed by atoms with van der Waals surface area (Å²) in [6.07, 6.45) is 4.80. The van der Waals surface area contributed by atoms with Gasteiger partial charge in [0.1, 0.15) is 0 Å². The predicted octanol–water partition coefficient (Wildman–Crippen LogP) is 1.06. The number of carbonyl (C=O) groups excluding carboxylic acids is 1. The third-order valence-corrected chi connectivity index (χ3v) is 6.97. The minimum Gasteiger partial charge on any atom is -0.481 e. The lowest BCUT2D eigenvalue weighted by atomic mass is 9.81. The molecule has 1 saturated heterocycles. The van der Waals surface area contributed by atoms with E-state index in [2.05, 4.69) is 0 Å². The highest BCUT2D eigenvalue weighted by Gasteiger charge is 2.44. The molecule has 0 spiro atoms. The fourth-order valence-corrected chi connectivity index (χ4v) is 5.52. The van der Waals surface area contributed by atoms with Crippen LogP contribution in [0.4, 0.5) is 0 Å². The van der Waals surface area contributed by atoms with E-state index in [-0.39, 0.29) is 41.3 Å². The van der Waals surface area contributed by atoms with Crippen molar-refractivity contribution in [1.82, 2.24) is 4.90 Å². The van der Waals surface area contributed by atoms with E-state index in [1.807, 2.05) is 4.90 Å². The molecule has 0 bridgehead atoms. The molecule has 0 aromatic rings. The van der Waals surface area contributed by atoms with Crippen molar-refractivity contribution in [1.29, 1.82) is 0 Å². The van der Waals surface area contributed by atoms with Crippen LogP contribution in [0.25, 0.3) is 0 Å². The first-order valence-electron chi connectivity index (χ1n) is 8.13. The number of aliphatic carboxylic acids is 1. The van der Waals surface area contributed by atoms with Gasteiger partial charge in [-0.1, -0.05) is 0 Å². The molecular weight excluding hydrogens is 306 g/mol. The highest BCUT2D eigenvalue weighted by molar-refractivity contribution is 7.91. The number of sulfone groups is 1. The molecule has 6 nitrogen and oxygen atoms in total. The standard InChI is InChI=1S/C15H23NO5S/c17-14(10-1-3-11(4-2-10)15(18)19)16(12-5-6-12)13-7-8-22(20,21)9-13/h10-13H,1-9H2,(H,18,19). The Morgan fingerprint density at radius 1 is 0.864 bits per heavy atom. The number of amides is 1. The van der Waals surface area contributed by atoms with Crippen molar-refractivity contribution in [2.75, 3.05) is 11.5 Å². The average molecular weight is 329 g/mol. The van der Waals surface area contributed by atoms with Crippen LogP contribution in [0.1, 0.15) is 44.9 Å². The molecule has 3 aliphatic rings. The molecule has 1 aliphatic heterocycles. The van der Waals surface area contributed by atoms with Gasteiger partial charge in [0.15, 0.2) is 9.84 Å². The zero-order valence-corrected chi connectivity index (χ0v) is 13.4. The Balaban J connectivity index is 1.65. The second-order valence-electron chi connectivity index (χ2n) is 6.92. The maximum atomic E-state index is 12.8. The van der Waals surface area contributed by atoms with E-state index in [0.717, 1.165) is 12.8 Å². The fraction of sp³-hybridized carbons (Fsp3) is 0.867. The zero-order chi connectivity index (χ0) is 15.9. The molecule has 0 radical (unpaired) electrons. The van der Waals surface area contributed by atoms with Crippen molar-refractivity contribution in [3.8, 4) is 0 Å². The normalized spacial score (nSPS) is 34.3. The highest BCUT2D eigenvalue weighted by Crippen LogP contribution is 2.37. The third-order valence-electron chi connectivity index (χ3n) is 5.22. The van der Waals surface area contributed by atoms with Gasteiger partial charge in [0, 0.05) is 18.0 Å². The van der Waals surface area contributed by atoms with Gasteiger partial charge >= 0.3 is 5.97 Å². The van der Waals surface area contributed by atoms with Crippen LogP contribution < -0.4 is 0 Å². The molecule has 2 saturated carbocycles. The molecule has 0 aromatic carbocycles. The van der Waals surface area contributed by atoms with Gasteiger partial charge in [-0.15, -0.1) is 0 Å². The van der Waals surface area contributed by atoms with Crippen molar-refractivity contribution in [3.05, 3.63) is 0 Å². The monoisotopic (exact) mass is 329 g/mol. The highest BCUT2D eigenvalue weighted by atomic mass is 32.2. The van der Waals surface area contributed by atoms with E-state index in [4.69, 9.17) is 5.11 Å². The third kappa shape index (κ3) is 3.29. The Bertz CT molecular complexity index is 560. The molecule has 7 heteroatoms. The number of nitrogens with zero attached hydrogens (tertiary/aromatic N) is 1. The summed E-state index contributed by atoms with van der Waals surface area (Å²) in [5.74, 6) is -0.885. The van der Waals surface area contributed by atoms with Crippen molar-refractivity contribution in [2.24, 2.45) is 11.8 Å². The Morgan fingerprint density at radius 2 is 1.45 bits per heavy atom. The summed E-state index contributed by atoms with van der Waals surface area (Å²) < 4.78 is 23.4. The second-order valence-corrected chi connectivity index (χ2v) is 9.15. The van der Waals surface area contributed by atoms with E-state index in [9.17, 15) is 18.0 Å². The Hall–Kier alpha value is -1.11. The summed E-state index contributed by atoms with van der Waals surface area (Å²) in [7, 11) is -3.00. The lowest BCUT2D eigenvalue weighted by Gasteiger charge is -2.34. The SMILES string of the molecule is O=C(O)C1CCC(C(=O)N(C2CC2)C2CCS(=O)(=O)C2)CC1. The first-order valence-corrected chi connectivity index (χ1v) is 9.95. The van der Waals surface area contributed by atoms with Crippen LogP contribution >= 0.6 is 0 Å². The molecule has 0 aromatic heterocycles. The summed E-state index contributed by atoms with van der Waals surface area (Å²) in [6.45, 7) is 0. The summed E-state index contributed by atoms with van der Waals surface area (Å²) in [5.41, 5.74) is 0. The van der Waals surface area contributed by atoms with Gasteiger partial charge in [-0.2, -0.15) is 0 Å². The first kappa shape index (κ1) is 15.8. The number of hydrogen-bond acceptors (Lipinski definition) is 4. The van der Waals surface area contributed by atoms with Crippen LogP contribution in [0.15, 0.2) is 0 Å². The van der Waals surface area contributed by atoms with E-state index in [1.165, 1.54) is 0 Å². The van der Waals surface area contributed by atoms with Gasteiger partial charge in [-0.05, 0) is 44.9 Å². The Morgan fingerprint density at radius 3 is 1.91 bits per heavy atom. The summed E-state index contributed by atoms with van der Waals surface area (Å²) in [4.78, 5) is 25.7. The first-order chi connectivity index (χ1) is 10.4. The number of rotatable bonds is 4. The van der Waals surface area contributed by atoms with E-state index in [1.54, 1.807) is 0 Å². The van der Waals surface area contributed by atoms with Crippen molar-refractivity contribution in [3.63, 3.8) is 0 Å². The van der Waals surface area contributed by atoms with Gasteiger partial charge in [-0.25, -0.2) is 8.42 Å². The lowest BCUT2D eigenvalue weighted by molar-refractivity contribution is -0.146. The molecule has 22 heavy (non-hydrogen) atoms. The van der Waals surface area contributed by atoms with Crippen LogP contribution in [0.5, 0.6) is 0 Å². The second kappa shape index (κ2) is 5.83. The van der Waals surface area contributed by atoms with E-state index in [0.29, 0.717) is 32.1 Å². The predicted molar refractivity (Wildman–Crippen MR) is 80.0 cm³/mol. The quantitative estimate of drug-likeness (QED) is 0.832. The molecule has 1 atom stereocenters. The maximum absolute atomic E-state index is 12.8. The van der Waals surface area contributed by atoms with Crippen LogP contribution in [0, 0.1) is 11.8 Å². The summed E-state index contributed by atoms with van der Waals surface area (Å²) >= 11 is 0. The zero-order valence-electron chi connectivity index (χ0n) is 12.6. The molecule has 1 unspecified atom stereocenters. The fourth-order valence-electron chi connectivity index (χ4n) is 3.80. The van der Waals surface area contributed by atoms with Crippen LogP contribution in [-0.2, 0) is 19.4 Å². The minimum atomic E-state index is -3.00. The van der Waals surface area contributed by atoms with Crippen LogP contribution in [0.2, 0.25) is 0 Å². The van der Waals surface area contributed by atoms with Crippen LogP contribution in [0.3, 0.4) is 0 Å². The average Bonchev–Trinajstić information content (AvgIpc) is 3.23. The molecule has 1 heterocycles. The number of hydrogen-bond donors (Lipinski definition) is 1. The molecule has 1 N–H and O–H groups in total.